The van der Waals surface area contributed by atoms with Gasteiger partial charge < -0.3 is 12.4 Å². The minimum Gasteiger partial charge on any atom is -1.00 e. The Morgan fingerprint density at radius 1 is 0.318 bits per heavy atom. The van der Waals surface area contributed by atoms with Crippen molar-refractivity contribution in [3.63, 3.8) is 0 Å². The van der Waals surface area contributed by atoms with Crippen molar-refractivity contribution in [3.8, 4) is 0 Å². The first kappa shape index (κ1) is 24.3. The van der Waals surface area contributed by atoms with E-state index in [9.17, 15) is 0 Å². The summed E-state index contributed by atoms with van der Waals surface area (Å²) in [6.45, 7) is 22.0. The van der Waals surface area contributed by atoms with Crippen LogP contribution in [0.4, 0.5) is 0 Å². The predicted molar refractivity (Wildman–Crippen MR) is 97.1 cm³/mol. The third-order valence-corrected chi connectivity index (χ3v) is 5.62. The molecule has 0 fully saturated rings. The van der Waals surface area contributed by atoms with Crippen LogP contribution >= 0.6 is 0 Å². The van der Waals surface area contributed by atoms with Gasteiger partial charge in [0.1, 0.15) is 0 Å². The fourth-order valence-corrected chi connectivity index (χ4v) is 2.81. The van der Waals surface area contributed by atoms with Crippen LogP contribution in [0.15, 0.2) is 44.6 Å². The Balaban J connectivity index is 0. The maximum atomic E-state index is 2.20. The summed E-state index contributed by atoms with van der Waals surface area (Å²) in [4.78, 5) is 0. The number of rotatable bonds is 0. The van der Waals surface area contributed by atoms with E-state index in [0.717, 1.165) is 0 Å². The molecule has 0 aromatic heterocycles. The average Bonchev–Trinajstić information content (AvgIpc) is 2.71. The van der Waals surface area contributed by atoms with Crippen LogP contribution in [-0.4, -0.2) is 24.4 Å². The van der Waals surface area contributed by atoms with Gasteiger partial charge in [-0.15, -0.1) is 0 Å². The predicted octanol–water partition coefficient (Wildman–Crippen LogP) is 3.16. The standard InChI is InChI=1S/2C10H15.ClH.Sb/c2*1-6-7(2)9(4)10(5)8(6)3;;/h2*1-5H3;1H;/p-1. The molecule has 0 aromatic carbocycles. The zero-order chi connectivity index (χ0) is 15.8. The maximum Gasteiger partial charge on any atom is 0.0226 e. The Morgan fingerprint density at radius 2 is 0.455 bits per heavy atom. The number of allylic oxidation sites excluding steroid dienone is 8. The Kier molecular flexibility index (Phi) is 10.4. The first-order valence-corrected chi connectivity index (χ1v) is 7.50. The smallest absolute Gasteiger partial charge is 0.0226 e. The average molecular weight is 428 g/mol. The molecule has 2 heteroatoms. The molecule has 123 valence electrons. The molecule has 0 aromatic rings. The van der Waals surface area contributed by atoms with Crippen LogP contribution in [0.1, 0.15) is 69.2 Å². The summed E-state index contributed by atoms with van der Waals surface area (Å²) >= 11 is 0. The van der Waals surface area contributed by atoms with Gasteiger partial charge in [-0.2, -0.15) is 0 Å². The first-order valence-electron chi connectivity index (χ1n) is 7.50. The Labute approximate surface area is 162 Å². The van der Waals surface area contributed by atoms with Gasteiger partial charge in [-0.25, -0.2) is 0 Å². The van der Waals surface area contributed by atoms with E-state index in [1.807, 2.05) is 0 Å². The molecule has 0 saturated carbocycles. The molecule has 0 aliphatic heterocycles. The van der Waals surface area contributed by atoms with Crippen LogP contribution in [0.25, 0.3) is 0 Å². The number of hydrogen-bond acceptors (Lipinski definition) is 0. The SMILES string of the molecule is C[C]1C(C)=C(C)C(C)=C1C.C[C]1C(C)=C(C)C(C)=C1C.[Cl-].[Sb]. The summed E-state index contributed by atoms with van der Waals surface area (Å²) in [6, 6.07) is 0. The van der Waals surface area contributed by atoms with Crippen LogP contribution in [-0.2, 0) is 0 Å². The van der Waals surface area contributed by atoms with Gasteiger partial charge in [-0.05, 0) is 77.7 Å². The van der Waals surface area contributed by atoms with E-state index in [-0.39, 0.29) is 36.8 Å². The van der Waals surface area contributed by atoms with Crippen molar-refractivity contribution in [3.05, 3.63) is 56.4 Å². The van der Waals surface area contributed by atoms with Crippen molar-refractivity contribution < 1.29 is 12.4 Å². The van der Waals surface area contributed by atoms with E-state index >= 15 is 0 Å². The van der Waals surface area contributed by atoms with Gasteiger partial charge in [-0.3, -0.25) is 0 Å². The van der Waals surface area contributed by atoms with Crippen molar-refractivity contribution >= 4 is 24.4 Å². The van der Waals surface area contributed by atoms with Gasteiger partial charge in [0.05, 0.1) is 0 Å². The molecule has 0 amide bonds. The second-order valence-corrected chi connectivity index (χ2v) is 6.25. The molecule has 0 heterocycles. The monoisotopic (exact) mass is 426 g/mol. The van der Waals surface area contributed by atoms with Gasteiger partial charge in [0.25, 0.3) is 0 Å². The molecule has 0 unspecified atom stereocenters. The van der Waals surface area contributed by atoms with E-state index in [4.69, 9.17) is 0 Å². The number of halogens is 1. The zero-order valence-corrected chi connectivity index (χ0v) is 19.1. The quantitative estimate of drug-likeness (QED) is 0.521. The van der Waals surface area contributed by atoms with Gasteiger partial charge in [0.2, 0.25) is 0 Å². The normalized spacial score (nSPS) is 19.4. The van der Waals surface area contributed by atoms with E-state index in [1.54, 1.807) is 0 Å². The molecule has 2 aliphatic rings. The zero-order valence-electron chi connectivity index (χ0n) is 15.8. The largest absolute Gasteiger partial charge is 1.00 e. The molecule has 0 bridgehead atoms. The summed E-state index contributed by atoms with van der Waals surface area (Å²) < 4.78 is 0. The number of hydrogen-bond donors (Lipinski definition) is 0. The molecular weight excluding hydrogens is 397 g/mol. The first-order chi connectivity index (χ1) is 9.11. The summed E-state index contributed by atoms with van der Waals surface area (Å²) in [7, 11) is 0. The fourth-order valence-electron chi connectivity index (χ4n) is 2.81. The van der Waals surface area contributed by atoms with E-state index < -0.39 is 0 Å². The fraction of sp³-hybridized carbons (Fsp3) is 0.500. The second kappa shape index (κ2) is 9.38. The molecule has 22 heavy (non-hydrogen) atoms. The van der Waals surface area contributed by atoms with Gasteiger partial charge >= 0.3 is 0 Å². The molecular formula is C20H30ClSb-. The van der Waals surface area contributed by atoms with Crippen LogP contribution in [0.3, 0.4) is 0 Å². The van der Waals surface area contributed by atoms with E-state index in [2.05, 4.69) is 69.2 Å². The molecule has 0 N–H and O–H groups in total. The summed E-state index contributed by atoms with van der Waals surface area (Å²) in [5.41, 5.74) is 11.7. The van der Waals surface area contributed by atoms with Crippen LogP contribution < -0.4 is 12.4 Å². The molecule has 2 rings (SSSR count). The third kappa shape index (κ3) is 4.54. The third-order valence-electron chi connectivity index (χ3n) is 5.62. The van der Waals surface area contributed by atoms with Gasteiger partial charge in [0, 0.05) is 36.3 Å². The van der Waals surface area contributed by atoms with Gasteiger partial charge in [-0.1, -0.05) is 36.1 Å². The second-order valence-electron chi connectivity index (χ2n) is 6.25. The molecule has 5 radical (unpaired) electrons. The van der Waals surface area contributed by atoms with E-state index in [0.29, 0.717) is 0 Å². The van der Waals surface area contributed by atoms with Gasteiger partial charge in [0.15, 0.2) is 0 Å². The molecule has 0 nitrogen and oxygen atoms in total. The molecule has 0 atom stereocenters. The van der Waals surface area contributed by atoms with Crippen LogP contribution in [0.2, 0.25) is 0 Å². The summed E-state index contributed by atoms with van der Waals surface area (Å²) in [5.74, 6) is 2.94. The minimum absolute atomic E-state index is 0. The van der Waals surface area contributed by atoms with Crippen molar-refractivity contribution in [2.45, 2.75) is 69.2 Å². The minimum atomic E-state index is 0. The molecule has 0 spiro atoms. The van der Waals surface area contributed by atoms with Crippen molar-refractivity contribution in [1.82, 2.24) is 0 Å². The maximum absolute atomic E-state index is 2.20. The topological polar surface area (TPSA) is 0 Å². The van der Waals surface area contributed by atoms with Crippen molar-refractivity contribution in [1.29, 1.82) is 0 Å². The summed E-state index contributed by atoms with van der Waals surface area (Å²) in [5, 5.41) is 0. The van der Waals surface area contributed by atoms with Crippen LogP contribution in [0.5, 0.6) is 0 Å². The van der Waals surface area contributed by atoms with Crippen molar-refractivity contribution in [2.75, 3.05) is 0 Å². The van der Waals surface area contributed by atoms with Crippen molar-refractivity contribution in [2.24, 2.45) is 0 Å². The summed E-state index contributed by atoms with van der Waals surface area (Å²) in [6.07, 6.45) is 0. The van der Waals surface area contributed by atoms with E-state index in [1.165, 1.54) is 56.4 Å². The van der Waals surface area contributed by atoms with Crippen LogP contribution in [0, 0.1) is 11.8 Å². The molecule has 0 saturated heterocycles. The Hall–Kier alpha value is 0.0682. The Morgan fingerprint density at radius 3 is 0.500 bits per heavy atom. The Bertz CT molecular complexity index is 446. The molecule has 2 aliphatic carbocycles.